The highest BCUT2D eigenvalue weighted by Crippen LogP contribution is 2.20. The lowest BCUT2D eigenvalue weighted by Crippen LogP contribution is -2.48. The van der Waals surface area contributed by atoms with Crippen molar-refractivity contribution in [1.29, 1.82) is 0 Å². The molecule has 1 aliphatic rings. The molecule has 0 radical (unpaired) electrons. The summed E-state index contributed by atoms with van der Waals surface area (Å²) in [5.41, 5.74) is 5.87. The molecule has 1 aliphatic heterocycles. The van der Waals surface area contributed by atoms with E-state index in [9.17, 15) is 4.79 Å². The molecule has 0 aliphatic carbocycles. The molecule has 3 nitrogen and oxygen atoms in total. The van der Waals surface area contributed by atoms with Crippen molar-refractivity contribution in [2.45, 2.75) is 31.8 Å². The minimum atomic E-state index is 0.157. The average molecular weight is 224 g/mol. The molecule has 1 fully saturated rings. The van der Waals surface area contributed by atoms with Gasteiger partial charge in [0.2, 0.25) is 0 Å². The lowest BCUT2D eigenvalue weighted by Gasteiger charge is -2.36. The van der Waals surface area contributed by atoms with Gasteiger partial charge in [-0.05, 0) is 31.2 Å². The third-order valence-corrected chi connectivity index (χ3v) is 3.77. The van der Waals surface area contributed by atoms with E-state index in [1.54, 1.807) is 0 Å². The van der Waals surface area contributed by atoms with Crippen molar-refractivity contribution in [2.24, 2.45) is 5.73 Å². The molecule has 1 aromatic rings. The van der Waals surface area contributed by atoms with Crippen LogP contribution in [-0.4, -0.2) is 29.4 Å². The minimum Gasteiger partial charge on any atom is -0.335 e. The lowest BCUT2D eigenvalue weighted by molar-refractivity contribution is 0.0624. The molecule has 2 unspecified atom stereocenters. The van der Waals surface area contributed by atoms with Crippen molar-refractivity contribution in [3.05, 3.63) is 22.4 Å². The fourth-order valence-electron chi connectivity index (χ4n) is 2.05. The zero-order valence-electron chi connectivity index (χ0n) is 8.85. The van der Waals surface area contributed by atoms with Crippen LogP contribution in [0.25, 0.3) is 0 Å². The second-order valence-electron chi connectivity index (χ2n) is 4.11. The summed E-state index contributed by atoms with van der Waals surface area (Å²) in [4.78, 5) is 14.8. The largest absolute Gasteiger partial charge is 0.335 e. The number of likely N-dealkylation sites (tertiary alicyclic amines) is 1. The van der Waals surface area contributed by atoms with Crippen molar-refractivity contribution in [3.8, 4) is 0 Å². The Bertz CT molecular complexity index is 336. The Morgan fingerprint density at radius 1 is 1.67 bits per heavy atom. The third-order valence-electron chi connectivity index (χ3n) is 2.91. The minimum absolute atomic E-state index is 0.157. The van der Waals surface area contributed by atoms with Crippen LogP contribution in [0, 0.1) is 0 Å². The smallest absolute Gasteiger partial charge is 0.264 e. The Balaban J connectivity index is 2.08. The Labute approximate surface area is 93.9 Å². The van der Waals surface area contributed by atoms with E-state index in [0.717, 1.165) is 24.3 Å². The number of rotatable bonds is 1. The Morgan fingerprint density at radius 2 is 2.47 bits per heavy atom. The second-order valence-corrected chi connectivity index (χ2v) is 5.06. The number of carbonyl (C=O) groups is 1. The molecule has 1 aromatic heterocycles. The van der Waals surface area contributed by atoms with Crippen molar-refractivity contribution < 1.29 is 4.79 Å². The lowest BCUT2D eigenvalue weighted by atomic mass is 9.99. The van der Waals surface area contributed by atoms with E-state index in [4.69, 9.17) is 5.73 Å². The van der Waals surface area contributed by atoms with Gasteiger partial charge in [-0.15, -0.1) is 11.3 Å². The SMILES string of the molecule is CC1CC(N)CCN1C(=O)c1cccs1. The predicted octanol–water partition coefficient (Wildman–Crippen LogP) is 1.70. The van der Waals surface area contributed by atoms with Crippen LogP contribution in [0.15, 0.2) is 17.5 Å². The summed E-state index contributed by atoms with van der Waals surface area (Å²) in [6.07, 6.45) is 1.83. The van der Waals surface area contributed by atoms with Crippen molar-refractivity contribution >= 4 is 17.2 Å². The van der Waals surface area contributed by atoms with Crippen LogP contribution < -0.4 is 5.73 Å². The number of carbonyl (C=O) groups excluding carboxylic acids is 1. The second kappa shape index (κ2) is 4.33. The van der Waals surface area contributed by atoms with Crippen molar-refractivity contribution in [3.63, 3.8) is 0 Å². The monoisotopic (exact) mass is 224 g/mol. The zero-order valence-corrected chi connectivity index (χ0v) is 9.67. The quantitative estimate of drug-likeness (QED) is 0.789. The summed E-state index contributed by atoms with van der Waals surface area (Å²) >= 11 is 1.51. The van der Waals surface area contributed by atoms with E-state index >= 15 is 0 Å². The summed E-state index contributed by atoms with van der Waals surface area (Å²) in [7, 11) is 0. The van der Waals surface area contributed by atoms with Gasteiger partial charge in [0.25, 0.3) is 5.91 Å². The summed E-state index contributed by atoms with van der Waals surface area (Å²) in [5, 5.41) is 1.94. The standard InChI is InChI=1S/C11H16N2OS/c1-8-7-9(12)4-5-13(8)11(14)10-3-2-6-15-10/h2-3,6,8-9H,4-5,7,12H2,1H3. The highest BCUT2D eigenvalue weighted by atomic mass is 32.1. The molecule has 0 spiro atoms. The van der Waals surface area contributed by atoms with Gasteiger partial charge in [-0.2, -0.15) is 0 Å². The summed E-state index contributed by atoms with van der Waals surface area (Å²) in [5.74, 6) is 0.157. The van der Waals surface area contributed by atoms with E-state index in [2.05, 4.69) is 6.92 Å². The van der Waals surface area contributed by atoms with Gasteiger partial charge in [-0.25, -0.2) is 0 Å². The Kier molecular flexibility index (Phi) is 3.07. The van der Waals surface area contributed by atoms with E-state index in [1.807, 2.05) is 22.4 Å². The molecule has 15 heavy (non-hydrogen) atoms. The molecule has 82 valence electrons. The van der Waals surface area contributed by atoms with Crippen molar-refractivity contribution in [2.75, 3.05) is 6.54 Å². The van der Waals surface area contributed by atoms with Crippen LogP contribution in [0.5, 0.6) is 0 Å². The maximum Gasteiger partial charge on any atom is 0.264 e. The molecule has 2 rings (SSSR count). The first-order chi connectivity index (χ1) is 7.18. The number of thiophene rings is 1. The van der Waals surface area contributed by atoms with Gasteiger partial charge in [-0.1, -0.05) is 6.07 Å². The van der Waals surface area contributed by atoms with Crippen LogP contribution in [-0.2, 0) is 0 Å². The highest BCUT2D eigenvalue weighted by molar-refractivity contribution is 7.12. The topological polar surface area (TPSA) is 46.3 Å². The molecule has 4 heteroatoms. The maximum atomic E-state index is 12.1. The first-order valence-electron chi connectivity index (χ1n) is 5.28. The normalized spacial score (nSPS) is 26.7. The van der Waals surface area contributed by atoms with E-state index in [-0.39, 0.29) is 18.0 Å². The molecule has 2 N–H and O–H groups in total. The van der Waals surface area contributed by atoms with Gasteiger partial charge in [0.15, 0.2) is 0 Å². The number of hydrogen-bond acceptors (Lipinski definition) is 3. The molecule has 0 aromatic carbocycles. The average Bonchev–Trinajstić information content (AvgIpc) is 2.69. The number of piperidine rings is 1. The van der Waals surface area contributed by atoms with Gasteiger partial charge >= 0.3 is 0 Å². The van der Waals surface area contributed by atoms with Gasteiger partial charge < -0.3 is 10.6 Å². The first kappa shape index (κ1) is 10.6. The molecule has 2 heterocycles. The predicted molar refractivity (Wildman–Crippen MR) is 62.0 cm³/mol. The van der Waals surface area contributed by atoms with Gasteiger partial charge in [0.05, 0.1) is 4.88 Å². The van der Waals surface area contributed by atoms with E-state index in [1.165, 1.54) is 11.3 Å². The summed E-state index contributed by atoms with van der Waals surface area (Å²) in [6, 6.07) is 4.32. The molecular formula is C11H16N2OS. The van der Waals surface area contributed by atoms with E-state index < -0.39 is 0 Å². The molecular weight excluding hydrogens is 208 g/mol. The van der Waals surface area contributed by atoms with Crippen molar-refractivity contribution in [1.82, 2.24) is 4.90 Å². The van der Waals surface area contributed by atoms with Crippen LogP contribution in [0.4, 0.5) is 0 Å². The number of hydrogen-bond donors (Lipinski definition) is 1. The zero-order chi connectivity index (χ0) is 10.8. The van der Waals surface area contributed by atoms with E-state index in [0.29, 0.717) is 0 Å². The Hall–Kier alpha value is -0.870. The first-order valence-corrected chi connectivity index (χ1v) is 6.16. The molecule has 1 amide bonds. The fourth-order valence-corrected chi connectivity index (χ4v) is 2.73. The van der Waals surface area contributed by atoms with Crippen LogP contribution in [0.3, 0.4) is 0 Å². The highest BCUT2D eigenvalue weighted by Gasteiger charge is 2.27. The van der Waals surface area contributed by atoms with Gasteiger partial charge in [0.1, 0.15) is 0 Å². The summed E-state index contributed by atoms with van der Waals surface area (Å²) in [6.45, 7) is 2.86. The molecule has 0 bridgehead atoms. The van der Waals surface area contributed by atoms with Crippen LogP contribution >= 0.6 is 11.3 Å². The molecule has 0 saturated carbocycles. The number of nitrogens with two attached hydrogens (primary N) is 1. The van der Waals surface area contributed by atoms with Gasteiger partial charge in [-0.3, -0.25) is 4.79 Å². The molecule has 1 saturated heterocycles. The third kappa shape index (κ3) is 2.21. The Morgan fingerprint density at radius 3 is 3.07 bits per heavy atom. The number of nitrogens with zero attached hydrogens (tertiary/aromatic N) is 1. The molecule has 2 atom stereocenters. The van der Waals surface area contributed by atoms with Gasteiger partial charge in [0, 0.05) is 18.6 Å². The fraction of sp³-hybridized carbons (Fsp3) is 0.545. The van der Waals surface area contributed by atoms with Crippen LogP contribution in [0.2, 0.25) is 0 Å². The maximum absolute atomic E-state index is 12.1. The van der Waals surface area contributed by atoms with Crippen LogP contribution in [0.1, 0.15) is 29.4 Å². The summed E-state index contributed by atoms with van der Waals surface area (Å²) < 4.78 is 0. The number of amides is 1.